The topological polar surface area (TPSA) is 77.5 Å². The van der Waals surface area contributed by atoms with E-state index in [0.29, 0.717) is 0 Å². The summed E-state index contributed by atoms with van der Waals surface area (Å²) in [4.78, 5) is 11.6. The third kappa shape index (κ3) is 2.87. The fourth-order valence-electron chi connectivity index (χ4n) is 2.80. The van der Waals surface area contributed by atoms with Gasteiger partial charge in [0, 0.05) is 6.54 Å². The number of carboxylic acid groups (broad SMARTS) is 1. The van der Waals surface area contributed by atoms with Crippen LogP contribution in [-0.4, -0.2) is 24.7 Å². The van der Waals surface area contributed by atoms with Crippen molar-refractivity contribution < 1.29 is 18.3 Å². The molecule has 2 aromatic rings. The summed E-state index contributed by atoms with van der Waals surface area (Å²) in [5.41, 5.74) is 2.60. The first-order chi connectivity index (χ1) is 10.9. The second kappa shape index (κ2) is 5.79. The van der Waals surface area contributed by atoms with Crippen molar-refractivity contribution in [3.63, 3.8) is 0 Å². The fraction of sp³-hybridized carbons (Fsp3) is 0.235. The fourth-order valence-corrected chi connectivity index (χ4v) is 4.35. The maximum atomic E-state index is 12.9. The number of aliphatic carboxylic acids is 1. The van der Waals surface area contributed by atoms with Crippen molar-refractivity contribution in [1.29, 1.82) is 0 Å². The second-order valence-electron chi connectivity index (χ2n) is 5.67. The summed E-state index contributed by atoms with van der Waals surface area (Å²) >= 11 is 0. The molecule has 0 radical (unpaired) electrons. The lowest BCUT2D eigenvalue weighted by atomic mass is 9.96. The molecule has 0 amide bonds. The van der Waals surface area contributed by atoms with Crippen LogP contribution in [0, 0.1) is 6.92 Å². The van der Waals surface area contributed by atoms with Crippen LogP contribution in [-0.2, 0) is 27.8 Å². The molecule has 1 heterocycles. The quantitative estimate of drug-likeness (QED) is 0.836. The lowest BCUT2D eigenvalue weighted by Gasteiger charge is -2.36. The van der Waals surface area contributed by atoms with E-state index in [9.17, 15) is 18.3 Å². The molecule has 6 heteroatoms. The Kier molecular flexibility index (Phi) is 3.95. The van der Waals surface area contributed by atoms with Crippen molar-refractivity contribution in [2.45, 2.75) is 30.8 Å². The predicted molar refractivity (Wildman–Crippen MR) is 82.8 cm³/mol. The van der Waals surface area contributed by atoms with Crippen LogP contribution in [0.1, 0.15) is 16.7 Å². The smallest absolute Gasteiger partial charge is 0.243 e. The number of rotatable bonds is 3. The highest BCUT2D eigenvalue weighted by Gasteiger charge is 2.36. The lowest BCUT2D eigenvalue weighted by molar-refractivity contribution is -0.310. The number of fused-ring (bicyclic) bond motifs is 1. The summed E-state index contributed by atoms with van der Waals surface area (Å²) in [6.07, 6.45) is 0.115. The van der Waals surface area contributed by atoms with E-state index >= 15 is 0 Å². The van der Waals surface area contributed by atoms with E-state index in [4.69, 9.17) is 0 Å². The van der Waals surface area contributed by atoms with Gasteiger partial charge in [-0.05, 0) is 36.6 Å². The maximum Gasteiger partial charge on any atom is 0.243 e. The number of nitrogens with zero attached hydrogens (tertiary/aromatic N) is 1. The number of aryl methyl sites for hydroxylation is 1. The normalized spacial score (nSPS) is 18.4. The molecule has 0 saturated carbocycles. The van der Waals surface area contributed by atoms with Gasteiger partial charge in [-0.25, -0.2) is 8.42 Å². The minimum Gasteiger partial charge on any atom is -0.548 e. The first-order valence-corrected chi connectivity index (χ1v) is 8.70. The van der Waals surface area contributed by atoms with Gasteiger partial charge in [0.1, 0.15) is 0 Å². The lowest BCUT2D eigenvalue weighted by Crippen LogP contribution is -2.53. The summed E-state index contributed by atoms with van der Waals surface area (Å²) < 4.78 is 26.7. The van der Waals surface area contributed by atoms with Crippen LogP contribution in [0.2, 0.25) is 0 Å². The molecule has 0 N–H and O–H groups in total. The molecule has 1 aliphatic rings. The van der Waals surface area contributed by atoms with Crippen molar-refractivity contribution >= 4 is 16.0 Å². The van der Waals surface area contributed by atoms with Crippen molar-refractivity contribution in [2.24, 2.45) is 0 Å². The second-order valence-corrected chi connectivity index (χ2v) is 7.56. The number of hydrogen-bond acceptors (Lipinski definition) is 4. The Labute approximate surface area is 135 Å². The summed E-state index contributed by atoms with van der Waals surface area (Å²) in [5, 5.41) is 11.5. The molecular weight excluding hydrogens is 314 g/mol. The Morgan fingerprint density at radius 3 is 2.30 bits per heavy atom. The third-order valence-electron chi connectivity index (χ3n) is 4.11. The van der Waals surface area contributed by atoms with E-state index in [1.807, 2.05) is 31.2 Å². The summed E-state index contributed by atoms with van der Waals surface area (Å²) in [7, 11) is -3.90. The molecule has 1 unspecified atom stereocenters. The molecule has 0 saturated heterocycles. The molecule has 1 atom stereocenters. The summed E-state index contributed by atoms with van der Waals surface area (Å²) in [5.74, 6) is -1.38. The SMILES string of the molecule is Cc1ccc(S(=O)(=O)N2Cc3ccccc3CC2C(=O)[O-])cc1. The molecule has 2 aromatic carbocycles. The van der Waals surface area contributed by atoms with Crippen LogP contribution in [0.4, 0.5) is 0 Å². The van der Waals surface area contributed by atoms with Crippen LogP contribution in [0.25, 0.3) is 0 Å². The van der Waals surface area contributed by atoms with Gasteiger partial charge in [-0.1, -0.05) is 42.0 Å². The predicted octanol–water partition coefficient (Wildman–Crippen LogP) is 0.861. The Hall–Kier alpha value is -2.18. The van der Waals surface area contributed by atoms with Gasteiger partial charge in [-0.3, -0.25) is 0 Å². The van der Waals surface area contributed by atoms with Crippen LogP contribution in [0.15, 0.2) is 53.4 Å². The van der Waals surface area contributed by atoms with Gasteiger partial charge in [-0.15, -0.1) is 0 Å². The third-order valence-corrected chi connectivity index (χ3v) is 5.97. The van der Waals surface area contributed by atoms with E-state index in [2.05, 4.69) is 0 Å². The molecule has 120 valence electrons. The Morgan fingerprint density at radius 1 is 1.09 bits per heavy atom. The molecule has 23 heavy (non-hydrogen) atoms. The van der Waals surface area contributed by atoms with Crippen LogP contribution in [0.5, 0.6) is 0 Å². The molecule has 3 rings (SSSR count). The van der Waals surface area contributed by atoms with Crippen molar-refractivity contribution in [2.75, 3.05) is 0 Å². The van der Waals surface area contributed by atoms with Crippen molar-refractivity contribution in [3.05, 3.63) is 65.2 Å². The van der Waals surface area contributed by atoms with E-state index in [1.165, 1.54) is 12.1 Å². The zero-order chi connectivity index (χ0) is 16.6. The zero-order valence-corrected chi connectivity index (χ0v) is 13.4. The van der Waals surface area contributed by atoms with E-state index in [0.717, 1.165) is 21.0 Å². The Balaban J connectivity index is 2.05. The Morgan fingerprint density at radius 2 is 1.70 bits per heavy atom. The van der Waals surface area contributed by atoms with Crippen LogP contribution in [0.3, 0.4) is 0 Å². The summed E-state index contributed by atoms with van der Waals surface area (Å²) in [6.45, 7) is 1.89. The van der Waals surface area contributed by atoms with Gasteiger partial charge in [0.05, 0.1) is 16.9 Å². The minimum atomic E-state index is -3.90. The number of hydrogen-bond donors (Lipinski definition) is 0. The average Bonchev–Trinajstić information content (AvgIpc) is 2.54. The van der Waals surface area contributed by atoms with Gasteiger partial charge < -0.3 is 9.90 Å². The molecule has 0 aromatic heterocycles. The molecule has 0 fully saturated rings. The zero-order valence-electron chi connectivity index (χ0n) is 12.6. The highest BCUT2D eigenvalue weighted by molar-refractivity contribution is 7.89. The number of carbonyl (C=O) groups excluding carboxylic acids is 1. The molecule has 0 spiro atoms. The van der Waals surface area contributed by atoms with Gasteiger partial charge in [0.15, 0.2) is 0 Å². The molecule has 0 aliphatic carbocycles. The van der Waals surface area contributed by atoms with Gasteiger partial charge in [-0.2, -0.15) is 4.31 Å². The minimum absolute atomic E-state index is 0.0328. The first kappa shape index (κ1) is 15.7. The van der Waals surface area contributed by atoms with Gasteiger partial charge in [0.25, 0.3) is 0 Å². The number of carbonyl (C=O) groups is 1. The van der Waals surface area contributed by atoms with E-state index in [-0.39, 0.29) is 17.9 Å². The number of benzene rings is 2. The van der Waals surface area contributed by atoms with E-state index < -0.39 is 22.0 Å². The standard InChI is InChI=1S/C17H17NO4S/c1-12-6-8-15(9-7-12)23(21,22)18-11-14-5-3-2-4-13(14)10-16(18)17(19)20/h2-9,16H,10-11H2,1H3,(H,19,20)/p-1. The van der Waals surface area contributed by atoms with Crippen LogP contribution < -0.4 is 5.11 Å². The Bertz CT molecular complexity index is 843. The summed E-state index contributed by atoms with van der Waals surface area (Å²) in [6, 6.07) is 12.5. The van der Waals surface area contributed by atoms with Crippen molar-refractivity contribution in [3.8, 4) is 0 Å². The maximum absolute atomic E-state index is 12.9. The average molecular weight is 330 g/mol. The molecule has 0 bridgehead atoms. The number of carboxylic acids is 1. The van der Waals surface area contributed by atoms with Gasteiger partial charge in [0.2, 0.25) is 10.0 Å². The first-order valence-electron chi connectivity index (χ1n) is 7.26. The highest BCUT2D eigenvalue weighted by Crippen LogP contribution is 2.29. The van der Waals surface area contributed by atoms with Crippen molar-refractivity contribution in [1.82, 2.24) is 4.31 Å². The monoisotopic (exact) mass is 330 g/mol. The number of sulfonamides is 1. The van der Waals surface area contributed by atoms with E-state index in [1.54, 1.807) is 12.1 Å². The molecular formula is C17H16NO4S-. The largest absolute Gasteiger partial charge is 0.548 e. The highest BCUT2D eigenvalue weighted by atomic mass is 32.2. The van der Waals surface area contributed by atoms with Gasteiger partial charge >= 0.3 is 0 Å². The molecule has 1 aliphatic heterocycles. The molecule has 5 nitrogen and oxygen atoms in total. The van der Waals surface area contributed by atoms with Crippen LogP contribution >= 0.6 is 0 Å².